The van der Waals surface area contributed by atoms with Gasteiger partial charge in [0.05, 0.1) is 0 Å². The summed E-state index contributed by atoms with van der Waals surface area (Å²) in [4.78, 5) is 0. The van der Waals surface area contributed by atoms with Gasteiger partial charge < -0.3 is 9.73 Å². The van der Waals surface area contributed by atoms with Crippen LogP contribution in [0.25, 0.3) is 21.9 Å². The van der Waals surface area contributed by atoms with E-state index in [9.17, 15) is 0 Å². The third-order valence-electron chi connectivity index (χ3n) is 3.34. The van der Waals surface area contributed by atoms with E-state index < -0.39 is 0 Å². The predicted molar refractivity (Wildman–Crippen MR) is 71.2 cm³/mol. The third kappa shape index (κ3) is 1.61. The number of hydrogen-bond acceptors (Lipinski definition) is 2. The van der Waals surface area contributed by atoms with E-state index in [4.69, 9.17) is 4.42 Å². The first-order chi connectivity index (χ1) is 8.29. The van der Waals surface area contributed by atoms with Gasteiger partial charge >= 0.3 is 0 Å². The van der Waals surface area contributed by atoms with Crippen LogP contribution < -0.4 is 5.32 Å². The average Bonchev–Trinajstić information content (AvgIpc) is 2.75. The highest BCUT2D eigenvalue weighted by Crippen LogP contribution is 2.30. The van der Waals surface area contributed by atoms with Crippen LogP contribution in [0.2, 0.25) is 0 Å². The molecule has 0 spiro atoms. The van der Waals surface area contributed by atoms with E-state index in [-0.39, 0.29) is 0 Å². The molecule has 1 unspecified atom stereocenters. The van der Waals surface area contributed by atoms with Gasteiger partial charge in [0.2, 0.25) is 0 Å². The van der Waals surface area contributed by atoms with Gasteiger partial charge in [0.15, 0.2) is 0 Å². The first kappa shape index (κ1) is 10.4. The van der Waals surface area contributed by atoms with Gasteiger partial charge in [0.1, 0.15) is 11.2 Å². The molecular formula is C15H15NO. The second kappa shape index (κ2) is 3.90. The Kier molecular flexibility index (Phi) is 2.37. The Hall–Kier alpha value is -1.80. The van der Waals surface area contributed by atoms with Gasteiger partial charge in [-0.3, -0.25) is 0 Å². The standard InChI is InChI=1S/C15H15NO/c1-10(16-2)11-7-8-13-12-5-3-4-6-14(12)17-15(13)9-11/h3-10,16H,1-2H3. The zero-order valence-electron chi connectivity index (χ0n) is 10.0. The van der Waals surface area contributed by atoms with Crippen LogP contribution in [0.4, 0.5) is 0 Å². The highest BCUT2D eigenvalue weighted by Gasteiger charge is 2.08. The summed E-state index contributed by atoms with van der Waals surface area (Å²) >= 11 is 0. The number of hydrogen-bond donors (Lipinski definition) is 1. The van der Waals surface area contributed by atoms with Crippen molar-refractivity contribution < 1.29 is 4.42 Å². The van der Waals surface area contributed by atoms with Crippen LogP contribution in [-0.2, 0) is 0 Å². The Morgan fingerprint density at radius 3 is 2.59 bits per heavy atom. The minimum Gasteiger partial charge on any atom is -0.456 e. The summed E-state index contributed by atoms with van der Waals surface area (Å²) in [5.74, 6) is 0. The van der Waals surface area contributed by atoms with Crippen LogP contribution in [0.1, 0.15) is 18.5 Å². The van der Waals surface area contributed by atoms with Gasteiger partial charge in [-0.1, -0.05) is 30.3 Å². The molecule has 0 aliphatic heterocycles. The Morgan fingerprint density at radius 1 is 1.00 bits per heavy atom. The highest BCUT2D eigenvalue weighted by molar-refractivity contribution is 6.04. The minimum atomic E-state index is 0.340. The first-order valence-corrected chi connectivity index (χ1v) is 5.88. The van der Waals surface area contributed by atoms with Crippen molar-refractivity contribution in [1.82, 2.24) is 5.32 Å². The molecule has 0 fully saturated rings. The van der Waals surface area contributed by atoms with Gasteiger partial charge in [0, 0.05) is 16.8 Å². The molecule has 0 bridgehead atoms. The van der Waals surface area contributed by atoms with E-state index in [0.717, 1.165) is 11.2 Å². The number of benzene rings is 2. The Balaban J connectivity index is 2.26. The predicted octanol–water partition coefficient (Wildman–Crippen LogP) is 3.87. The summed E-state index contributed by atoms with van der Waals surface area (Å²) in [6, 6.07) is 14.9. The highest BCUT2D eigenvalue weighted by atomic mass is 16.3. The lowest BCUT2D eigenvalue weighted by Gasteiger charge is -2.09. The van der Waals surface area contributed by atoms with Crippen LogP contribution in [-0.4, -0.2) is 7.05 Å². The summed E-state index contributed by atoms with van der Waals surface area (Å²) in [7, 11) is 1.97. The van der Waals surface area contributed by atoms with E-state index in [2.05, 4.69) is 36.5 Å². The molecule has 1 heterocycles. The maximum atomic E-state index is 5.86. The maximum Gasteiger partial charge on any atom is 0.135 e. The molecule has 86 valence electrons. The Bertz CT molecular complexity index is 669. The maximum absolute atomic E-state index is 5.86. The van der Waals surface area contributed by atoms with E-state index in [0.29, 0.717) is 6.04 Å². The number of rotatable bonds is 2. The van der Waals surface area contributed by atoms with E-state index >= 15 is 0 Å². The zero-order valence-corrected chi connectivity index (χ0v) is 10.0. The van der Waals surface area contributed by atoms with Gasteiger partial charge in [-0.05, 0) is 31.7 Å². The molecule has 0 saturated carbocycles. The molecule has 0 radical (unpaired) electrons. The quantitative estimate of drug-likeness (QED) is 0.716. The molecule has 0 amide bonds. The molecule has 1 N–H and O–H groups in total. The largest absolute Gasteiger partial charge is 0.456 e. The normalized spacial score (nSPS) is 13.3. The average molecular weight is 225 g/mol. The van der Waals surface area contributed by atoms with Crippen LogP contribution >= 0.6 is 0 Å². The molecule has 0 aliphatic rings. The molecule has 1 aromatic heterocycles. The van der Waals surface area contributed by atoms with Crippen molar-refractivity contribution >= 4 is 21.9 Å². The van der Waals surface area contributed by atoms with E-state index in [1.807, 2.05) is 25.2 Å². The molecule has 2 heteroatoms. The lowest BCUT2D eigenvalue weighted by Crippen LogP contribution is -2.11. The smallest absolute Gasteiger partial charge is 0.135 e. The fraction of sp³-hybridized carbons (Fsp3) is 0.200. The van der Waals surface area contributed by atoms with Crippen molar-refractivity contribution in [3.8, 4) is 0 Å². The van der Waals surface area contributed by atoms with Crippen LogP contribution in [0, 0.1) is 0 Å². The number of para-hydroxylation sites is 1. The van der Waals surface area contributed by atoms with Crippen molar-refractivity contribution in [3.63, 3.8) is 0 Å². The molecule has 3 rings (SSSR count). The fourth-order valence-corrected chi connectivity index (χ4v) is 2.18. The fourth-order valence-electron chi connectivity index (χ4n) is 2.18. The second-order valence-electron chi connectivity index (χ2n) is 4.36. The van der Waals surface area contributed by atoms with Gasteiger partial charge in [-0.15, -0.1) is 0 Å². The molecule has 2 nitrogen and oxygen atoms in total. The number of nitrogens with one attached hydrogen (secondary N) is 1. The monoisotopic (exact) mass is 225 g/mol. The first-order valence-electron chi connectivity index (χ1n) is 5.88. The van der Waals surface area contributed by atoms with Crippen LogP contribution in [0.15, 0.2) is 46.9 Å². The van der Waals surface area contributed by atoms with Crippen molar-refractivity contribution in [1.29, 1.82) is 0 Å². The molecule has 1 atom stereocenters. The Morgan fingerprint density at radius 2 is 1.76 bits per heavy atom. The molecule has 3 aromatic rings. The molecule has 0 aliphatic carbocycles. The number of furan rings is 1. The summed E-state index contributed by atoms with van der Waals surface area (Å²) in [6.07, 6.45) is 0. The van der Waals surface area contributed by atoms with Gasteiger partial charge in [-0.2, -0.15) is 0 Å². The second-order valence-corrected chi connectivity index (χ2v) is 4.36. The summed E-state index contributed by atoms with van der Waals surface area (Å²) in [5, 5.41) is 5.61. The minimum absolute atomic E-state index is 0.340. The van der Waals surface area contributed by atoms with Gasteiger partial charge in [-0.25, -0.2) is 0 Å². The number of fused-ring (bicyclic) bond motifs is 3. The third-order valence-corrected chi connectivity index (χ3v) is 3.34. The topological polar surface area (TPSA) is 25.2 Å². The van der Waals surface area contributed by atoms with Crippen molar-refractivity contribution in [2.45, 2.75) is 13.0 Å². The molecule has 17 heavy (non-hydrogen) atoms. The SMILES string of the molecule is CNC(C)c1ccc2c(c1)oc1ccccc12. The molecular weight excluding hydrogens is 210 g/mol. The van der Waals surface area contributed by atoms with E-state index in [1.165, 1.54) is 16.3 Å². The lowest BCUT2D eigenvalue weighted by molar-refractivity contribution is 0.643. The molecule has 0 saturated heterocycles. The van der Waals surface area contributed by atoms with Gasteiger partial charge in [0.25, 0.3) is 0 Å². The summed E-state index contributed by atoms with van der Waals surface area (Å²) in [5.41, 5.74) is 3.17. The summed E-state index contributed by atoms with van der Waals surface area (Å²) < 4.78 is 5.86. The lowest BCUT2D eigenvalue weighted by atomic mass is 10.1. The van der Waals surface area contributed by atoms with E-state index in [1.54, 1.807) is 0 Å². The van der Waals surface area contributed by atoms with Crippen LogP contribution in [0.3, 0.4) is 0 Å². The molecule has 2 aromatic carbocycles. The Labute approximate surface area is 100 Å². The summed E-state index contributed by atoms with van der Waals surface area (Å²) in [6.45, 7) is 2.14. The van der Waals surface area contributed by atoms with Crippen molar-refractivity contribution in [2.24, 2.45) is 0 Å². The van der Waals surface area contributed by atoms with Crippen LogP contribution in [0.5, 0.6) is 0 Å². The zero-order chi connectivity index (χ0) is 11.8. The van der Waals surface area contributed by atoms with Crippen molar-refractivity contribution in [3.05, 3.63) is 48.0 Å². The van der Waals surface area contributed by atoms with Crippen molar-refractivity contribution in [2.75, 3.05) is 7.05 Å².